The minimum absolute atomic E-state index is 0.401. The van der Waals surface area contributed by atoms with Gasteiger partial charge in [0.2, 0.25) is 0 Å². The van der Waals surface area contributed by atoms with Gasteiger partial charge < -0.3 is 5.11 Å². The zero-order valence-corrected chi connectivity index (χ0v) is 8.99. The second-order valence-corrected chi connectivity index (χ2v) is 4.91. The number of hydrogen-bond acceptors (Lipinski definition) is 2. The summed E-state index contributed by atoms with van der Waals surface area (Å²) in [5, 5.41) is 9.30. The number of carbonyl (C=O) groups is 1. The van der Waals surface area contributed by atoms with Crippen LogP contribution in [0.5, 0.6) is 0 Å². The third-order valence-electron chi connectivity index (χ3n) is 4.00. The number of nitrogens with zero attached hydrogens (tertiary/aromatic N) is 1. The van der Waals surface area contributed by atoms with E-state index < -0.39 is 11.5 Å². The molecule has 1 aliphatic heterocycles. The molecular formula is C11H19NO2. The molecule has 80 valence electrons. The van der Waals surface area contributed by atoms with E-state index in [0.29, 0.717) is 5.92 Å². The van der Waals surface area contributed by atoms with Gasteiger partial charge in [0.15, 0.2) is 0 Å². The molecule has 0 amide bonds. The van der Waals surface area contributed by atoms with Gasteiger partial charge in [-0.1, -0.05) is 13.3 Å². The molecule has 2 aliphatic rings. The van der Waals surface area contributed by atoms with E-state index in [1.54, 1.807) is 0 Å². The predicted octanol–water partition coefficient (Wildman–Crippen LogP) is 1.58. The molecule has 1 saturated heterocycles. The van der Waals surface area contributed by atoms with Gasteiger partial charge in [-0.3, -0.25) is 9.69 Å². The molecule has 1 heterocycles. The number of carboxylic acids is 1. The third-order valence-corrected chi connectivity index (χ3v) is 4.00. The molecule has 0 bridgehead atoms. The molecule has 0 aromatic carbocycles. The number of carboxylic acid groups (broad SMARTS) is 1. The van der Waals surface area contributed by atoms with E-state index in [2.05, 4.69) is 11.8 Å². The highest BCUT2D eigenvalue weighted by Crippen LogP contribution is 2.45. The van der Waals surface area contributed by atoms with Gasteiger partial charge >= 0.3 is 5.97 Å². The lowest BCUT2D eigenvalue weighted by Gasteiger charge is -2.48. The number of hydrogen-bond donors (Lipinski definition) is 1. The second kappa shape index (κ2) is 3.23. The summed E-state index contributed by atoms with van der Waals surface area (Å²) >= 11 is 0. The molecule has 0 aromatic rings. The highest BCUT2D eigenvalue weighted by molar-refractivity contribution is 5.79. The normalized spacial score (nSPS) is 28.1. The van der Waals surface area contributed by atoms with Crippen molar-refractivity contribution in [3.63, 3.8) is 0 Å². The fourth-order valence-electron chi connectivity index (χ4n) is 2.42. The van der Waals surface area contributed by atoms with Crippen LogP contribution in [0, 0.1) is 11.8 Å². The molecule has 14 heavy (non-hydrogen) atoms. The summed E-state index contributed by atoms with van der Waals surface area (Å²) in [5.41, 5.74) is -0.564. The first-order chi connectivity index (χ1) is 6.59. The van der Waals surface area contributed by atoms with E-state index >= 15 is 0 Å². The van der Waals surface area contributed by atoms with Crippen LogP contribution in [-0.4, -0.2) is 34.6 Å². The number of likely N-dealkylation sites (tertiary alicyclic amines) is 1. The largest absolute Gasteiger partial charge is 0.480 e. The van der Waals surface area contributed by atoms with Gasteiger partial charge in [0.1, 0.15) is 5.54 Å². The summed E-state index contributed by atoms with van der Waals surface area (Å²) in [5.74, 6) is 0.500. The standard InChI is InChI=1S/C11H19NO2/c1-3-8-6-12(7-8)11(2,10(13)14)9-4-5-9/h8-9H,3-7H2,1-2H3,(H,13,14). The SMILES string of the molecule is CCC1CN(C(C)(C(=O)O)C2CC2)C1. The van der Waals surface area contributed by atoms with Gasteiger partial charge in [-0.15, -0.1) is 0 Å². The van der Waals surface area contributed by atoms with Crippen molar-refractivity contribution in [1.82, 2.24) is 4.90 Å². The maximum Gasteiger partial charge on any atom is 0.324 e. The van der Waals surface area contributed by atoms with Crippen molar-refractivity contribution in [3.8, 4) is 0 Å². The van der Waals surface area contributed by atoms with E-state index in [0.717, 1.165) is 31.8 Å². The first kappa shape index (κ1) is 9.97. The summed E-state index contributed by atoms with van der Waals surface area (Å²) < 4.78 is 0. The molecule has 2 fully saturated rings. The maximum atomic E-state index is 11.3. The fraction of sp³-hybridized carbons (Fsp3) is 0.909. The van der Waals surface area contributed by atoms with Gasteiger partial charge in [0.05, 0.1) is 0 Å². The predicted molar refractivity (Wildman–Crippen MR) is 54.1 cm³/mol. The molecule has 0 radical (unpaired) electrons. The molecule has 1 saturated carbocycles. The van der Waals surface area contributed by atoms with Gasteiger partial charge in [0.25, 0.3) is 0 Å². The zero-order valence-electron chi connectivity index (χ0n) is 8.99. The quantitative estimate of drug-likeness (QED) is 0.744. The number of aliphatic carboxylic acids is 1. The summed E-state index contributed by atoms with van der Waals surface area (Å²) in [6.07, 6.45) is 3.36. The Morgan fingerprint density at radius 2 is 2.07 bits per heavy atom. The summed E-state index contributed by atoms with van der Waals surface area (Å²) in [4.78, 5) is 13.4. The minimum atomic E-state index is -0.630. The summed E-state index contributed by atoms with van der Waals surface area (Å²) in [6, 6.07) is 0. The molecular weight excluding hydrogens is 178 g/mol. The molecule has 0 spiro atoms. The Morgan fingerprint density at radius 1 is 1.50 bits per heavy atom. The van der Waals surface area contributed by atoms with E-state index in [-0.39, 0.29) is 0 Å². The first-order valence-electron chi connectivity index (χ1n) is 5.57. The van der Waals surface area contributed by atoms with Crippen LogP contribution in [0.4, 0.5) is 0 Å². The van der Waals surface area contributed by atoms with E-state index in [1.165, 1.54) is 6.42 Å². The van der Waals surface area contributed by atoms with Crippen molar-refractivity contribution in [1.29, 1.82) is 0 Å². The Hall–Kier alpha value is -0.570. The van der Waals surface area contributed by atoms with Crippen molar-refractivity contribution in [2.24, 2.45) is 11.8 Å². The molecule has 2 rings (SSSR count). The van der Waals surface area contributed by atoms with Gasteiger partial charge in [-0.25, -0.2) is 0 Å². The van der Waals surface area contributed by atoms with Crippen LogP contribution in [0.25, 0.3) is 0 Å². The highest BCUT2D eigenvalue weighted by atomic mass is 16.4. The van der Waals surface area contributed by atoms with E-state index in [9.17, 15) is 9.90 Å². The van der Waals surface area contributed by atoms with Crippen LogP contribution in [0.2, 0.25) is 0 Å². The Labute approximate surface area is 85.1 Å². The number of rotatable bonds is 4. The minimum Gasteiger partial charge on any atom is -0.480 e. The lowest BCUT2D eigenvalue weighted by molar-refractivity contribution is -0.158. The zero-order chi connectivity index (χ0) is 10.3. The molecule has 1 aliphatic carbocycles. The van der Waals surface area contributed by atoms with Crippen molar-refractivity contribution in [2.75, 3.05) is 13.1 Å². The molecule has 1 N–H and O–H groups in total. The monoisotopic (exact) mass is 197 g/mol. The van der Waals surface area contributed by atoms with Gasteiger partial charge in [-0.05, 0) is 31.6 Å². The Bertz CT molecular complexity index is 244. The van der Waals surface area contributed by atoms with Crippen molar-refractivity contribution >= 4 is 5.97 Å². The van der Waals surface area contributed by atoms with Crippen LogP contribution in [0.3, 0.4) is 0 Å². The Kier molecular flexibility index (Phi) is 2.30. The van der Waals surface area contributed by atoms with Crippen LogP contribution >= 0.6 is 0 Å². The van der Waals surface area contributed by atoms with E-state index in [4.69, 9.17) is 0 Å². The van der Waals surface area contributed by atoms with Gasteiger partial charge in [0, 0.05) is 13.1 Å². The Balaban J connectivity index is 2.02. The summed E-state index contributed by atoms with van der Waals surface area (Å²) in [6.45, 7) is 6.04. The molecule has 3 nitrogen and oxygen atoms in total. The lowest BCUT2D eigenvalue weighted by Crippen LogP contribution is -2.63. The Morgan fingerprint density at radius 3 is 2.43 bits per heavy atom. The first-order valence-corrected chi connectivity index (χ1v) is 5.57. The van der Waals surface area contributed by atoms with Crippen LogP contribution < -0.4 is 0 Å². The molecule has 0 aromatic heterocycles. The lowest BCUT2D eigenvalue weighted by atomic mass is 9.85. The van der Waals surface area contributed by atoms with Crippen molar-refractivity contribution in [3.05, 3.63) is 0 Å². The third kappa shape index (κ3) is 1.34. The smallest absolute Gasteiger partial charge is 0.324 e. The van der Waals surface area contributed by atoms with Crippen LogP contribution in [0.15, 0.2) is 0 Å². The average molecular weight is 197 g/mol. The van der Waals surface area contributed by atoms with Crippen LogP contribution in [0.1, 0.15) is 33.1 Å². The van der Waals surface area contributed by atoms with Gasteiger partial charge in [-0.2, -0.15) is 0 Å². The molecule has 1 unspecified atom stereocenters. The average Bonchev–Trinajstić information content (AvgIpc) is 2.83. The van der Waals surface area contributed by atoms with Crippen molar-refractivity contribution in [2.45, 2.75) is 38.6 Å². The molecule has 3 heteroatoms. The van der Waals surface area contributed by atoms with E-state index in [1.807, 2.05) is 6.92 Å². The summed E-state index contributed by atoms with van der Waals surface area (Å²) in [7, 11) is 0. The van der Waals surface area contributed by atoms with Crippen LogP contribution in [-0.2, 0) is 4.79 Å². The second-order valence-electron chi connectivity index (χ2n) is 4.91. The fourth-order valence-corrected chi connectivity index (χ4v) is 2.42. The maximum absolute atomic E-state index is 11.3. The topological polar surface area (TPSA) is 40.5 Å². The highest BCUT2D eigenvalue weighted by Gasteiger charge is 2.54. The van der Waals surface area contributed by atoms with Crippen molar-refractivity contribution < 1.29 is 9.90 Å². The molecule has 1 atom stereocenters.